The van der Waals surface area contributed by atoms with E-state index in [1.165, 1.54) is 43.4 Å². The zero-order valence-corrected chi connectivity index (χ0v) is 15.1. The molecule has 1 heterocycles. The van der Waals surface area contributed by atoms with E-state index in [9.17, 15) is 9.59 Å². The van der Waals surface area contributed by atoms with Crippen LogP contribution in [0.15, 0.2) is 30.3 Å². The van der Waals surface area contributed by atoms with Gasteiger partial charge in [0.25, 0.3) is 0 Å². The third-order valence-electron chi connectivity index (χ3n) is 4.54. The highest BCUT2D eigenvalue weighted by atomic mass is 32.1. The Balaban J connectivity index is 1.42. The van der Waals surface area contributed by atoms with Crippen molar-refractivity contribution in [2.24, 2.45) is 0 Å². The number of amides is 1. The Labute approximate surface area is 151 Å². The Morgan fingerprint density at radius 1 is 1.04 bits per heavy atom. The van der Waals surface area contributed by atoms with E-state index in [0.29, 0.717) is 35.9 Å². The average molecular weight is 357 g/mol. The molecule has 0 radical (unpaired) electrons. The molecule has 6 heteroatoms. The number of Topliss-reactive ketones (excluding diaryl/α,β-unsaturated/α-hetero) is 1. The minimum absolute atomic E-state index is 0.0731. The lowest BCUT2D eigenvalue weighted by Crippen LogP contribution is -2.11. The first-order chi connectivity index (χ1) is 12.2. The van der Waals surface area contributed by atoms with Gasteiger partial charge >= 0.3 is 0 Å². The molecule has 1 amide bonds. The minimum atomic E-state index is -0.104. The van der Waals surface area contributed by atoms with Crippen LogP contribution in [0.3, 0.4) is 0 Å². The normalized spacial score (nSPS) is 15.0. The van der Waals surface area contributed by atoms with Gasteiger partial charge in [-0.05, 0) is 19.3 Å². The van der Waals surface area contributed by atoms with Crippen LogP contribution in [0.1, 0.15) is 72.7 Å². The second-order valence-electron chi connectivity index (χ2n) is 6.47. The van der Waals surface area contributed by atoms with Crippen molar-refractivity contribution in [1.29, 1.82) is 0 Å². The number of carbonyl (C=O) groups excluding carboxylic acids is 2. The van der Waals surface area contributed by atoms with Crippen LogP contribution in [-0.4, -0.2) is 21.9 Å². The molecule has 0 saturated heterocycles. The summed E-state index contributed by atoms with van der Waals surface area (Å²) in [4.78, 5) is 24.0. The Bertz CT molecular complexity index is 708. The fourth-order valence-electron chi connectivity index (χ4n) is 3.16. The number of rotatable bonds is 7. The summed E-state index contributed by atoms with van der Waals surface area (Å²) in [6.07, 6.45) is 7.38. The predicted octanol–water partition coefficient (Wildman–Crippen LogP) is 4.58. The maximum atomic E-state index is 12.0. The van der Waals surface area contributed by atoms with Crippen molar-refractivity contribution < 1.29 is 9.59 Å². The molecule has 0 bridgehead atoms. The molecule has 1 aliphatic carbocycles. The van der Waals surface area contributed by atoms with E-state index in [1.807, 2.05) is 18.2 Å². The lowest BCUT2D eigenvalue weighted by atomic mass is 9.90. The average Bonchev–Trinajstić information content (AvgIpc) is 3.11. The van der Waals surface area contributed by atoms with E-state index in [2.05, 4.69) is 15.5 Å². The highest BCUT2D eigenvalue weighted by Gasteiger charge is 2.20. The maximum absolute atomic E-state index is 12.0. The molecule has 0 atom stereocenters. The Morgan fingerprint density at radius 3 is 2.56 bits per heavy atom. The van der Waals surface area contributed by atoms with Gasteiger partial charge in [0.1, 0.15) is 5.01 Å². The number of benzene rings is 1. The van der Waals surface area contributed by atoms with Crippen molar-refractivity contribution in [1.82, 2.24) is 10.2 Å². The van der Waals surface area contributed by atoms with Gasteiger partial charge in [-0.1, -0.05) is 60.9 Å². The predicted molar refractivity (Wildman–Crippen MR) is 99.0 cm³/mol. The molecule has 25 heavy (non-hydrogen) atoms. The van der Waals surface area contributed by atoms with Gasteiger partial charge in [0.2, 0.25) is 11.0 Å². The van der Waals surface area contributed by atoms with Gasteiger partial charge in [0.15, 0.2) is 5.78 Å². The molecular formula is C19H23N3O2S. The van der Waals surface area contributed by atoms with Crippen LogP contribution in [0.5, 0.6) is 0 Å². The summed E-state index contributed by atoms with van der Waals surface area (Å²) in [5, 5.41) is 12.7. The summed E-state index contributed by atoms with van der Waals surface area (Å²) in [5.74, 6) is 0.469. The summed E-state index contributed by atoms with van der Waals surface area (Å²) in [6.45, 7) is 0. The third-order valence-corrected chi connectivity index (χ3v) is 5.55. The molecule has 1 aliphatic rings. The lowest BCUT2D eigenvalue weighted by molar-refractivity contribution is -0.116. The maximum Gasteiger partial charge on any atom is 0.226 e. The van der Waals surface area contributed by atoms with Crippen LogP contribution >= 0.6 is 11.3 Å². The first-order valence-corrected chi connectivity index (χ1v) is 9.75. The molecule has 132 valence electrons. The van der Waals surface area contributed by atoms with Gasteiger partial charge in [-0.3, -0.25) is 9.59 Å². The first-order valence-electron chi connectivity index (χ1n) is 8.94. The zero-order valence-electron chi connectivity index (χ0n) is 14.2. The number of hydrogen-bond donors (Lipinski definition) is 1. The number of ketones is 1. The van der Waals surface area contributed by atoms with Crippen molar-refractivity contribution >= 4 is 28.2 Å². The van der Waals surface area contributed by atoms with Crippen molar-refractivity contribution in [2.75, 3.05) is 5.32 Å². The number of nitrogens with one attached hydrogen (secondary N) is 1. The smallest absolute Gasteiger partial charge is 0.226 e. The fraction of sp³-hybridized carbons (Fsp3) is 0.474. The van der Waals surface area contributed by atoms with Crippen LogP contribution in [0.4, 0.5) is 5.13 Å². The minimum Gasteiger partial charge on any atom is -0.301 e. The number of hydrogen-bond acceptors (Lipinski definition) is 5. The van der Waals surface area contributed by atoms with Gasteiger partial charge in [-0.2, -0.15) is 0 Å². The van der Waals surface area contributed by atoms with Crippen LogP contribution in [-0.2, 0) is 4.79 Å². The molecule has 0 unspecified atom stereocenters. The van der Waals surface area contributed by atoms with Crippen LogP contribution in [0, 0.1) is 0 Å². The molecule has 3 rings (SSSR count). The number of carbonyl (C=O) groups is 2. The summed E-state index contributed by atoms with van der Waals surface area (Å²) in [7, 11) is 0. The van der Waals surface area contributed by atoms with E-state index in [4.69, 9.17) is 0 Å². The topological polar surface area (TPSA) is 72.0 Å². The molecule has 0 aliphatic heterocycles. The van der Waals surface area contributed by atoms with Crippen molar-refractivity contribution in [3.05, 3.63) is 40.9 Å². The highest BCUT2D eigenvalue weighted by Crippen LogP contribution is 2.35. The second kappa shape index (κ2) is 8.85. The largest absolute Gasteiger partial charge is 0.301 e. The van der Waals surface area contributed by atoms with Gasteiger partial charge in [0.05, 0.1) is 0 Å². The molecule has 2 aromatic rings. The van der Waals surface area contributed by atoms with Gasteiger partial charge in [-0.15, -0.1) is 10.2 Å². The molecule has 1 saturated carbocycles. The number of nitrogens with zero attached hydrogens (tertiary/aromatic N) is 2. The molecule has 1 aromatic carbocycles. The quantitative estimate of drug-likeness (QED) is 0.736. The summed E-state index contributed by atoms with van der Waals surface area (Å²) in [6, 6.07) is 9.18. The van der Waals surface area contributed by atoms with E-state index in [0.717, 1.165) is 5.01 Å². The highest BCUT2D eigenvalue weighted by molar-refractivity contribution is 7.15. The van der Waals surface area contributed by atoms with Gasteiger partial charge < -0.3 is 5.32 Å². The van der Waals surface area contributed by atoms with E-state index >= 15 is 0 Å². The lowest BCUT2D eigenvalue weighted by Gasteiger charge is -2.18. The second-order valence-corrected chi connectivity index (χ2v) is 7.48. The molecule has 5 nitrogen and oxygen atoms in total. The summed E-state index contributed by atoms with van der Waals surface area (Å²) >= 11 is 1.48. The van der Waals surface area contributed by atoms with Crippen molar-refractivity contribution in [3.8, 4) is 0 Å². The van der Waals surface area contributed by atoms with Gasteiger partial charge in [-0.25, -0.2) is 0 Å². The van der Waals surface area contributed by atoms with Crippen molar-refractivity contribution in [3.63, 3.8) is 0 Å². The number of aromatic nitrogens is 2. The first kappa shape index (κ1) is 17.7. The Hall–Kier alpha value is -2.08. The van der Waals surface area contributed by atoms with E-state index in [-0.39, 0.29) is 11.7 Å². The molecular weight excluding hydrogens is 334 g/mol. The van der Waals surface area contributed by atoms with Crippen LogP contribution in [0.2, 0.25) is 0 Å². The van der Waals surface area contributed by atoms with Crippen LogP contribution < -0.4 is 5.32 Å². The van der Waals surface area contributed by atoms with E-state index in [1.54, 1.807) is 12.1 Å². The molecule has 1 fully saturated rings. The van der Waals surface area contributed by atoms with Gasteiger partial charge in [0, 0.05) is 24.3 Å². The molecule has 1 aromatic heterocycles. The summed E-state index contributed by atoms with van der Waals surface area (Å²) in [5.41, 5.74) is 0.698. The monoisotopic (exact) mass is 357 g/mol. The molecule has 1 N–H and O–H groups in total. The van der Waals surface area contributed by atoms with E-state index < -0.39 is 0 Å². The third kappa shape index (κ3) is 5.19. The fourth-order valence-corrected chi connectivity index (χ4v) is 4.09. The zero-order chi connectivity index (χ0) is 17.5. The Kier molecular flexibility index (Phi) is 6.28. The van der Waals surface area contributed by atoms with Crippen LogP contribution in [0.25, 0.3) is 0 Å². The summed E-state index contributed by atoms with van der Waals surface area (Å²) < 4.78 is 0. The SMILES string of the molecule is O=C(CCCC(=O)c1ccccc1)Nc1nnc(C2CCCCC2)s1. The number of anilines is 1. The standard InChI is InChI=1S/C19H23N3O2S/c23-16(14-8-3-1-4-9-14)12-7-13-17(24)20-19-22-21-18(25-19)15-10-5-2-6-11-15/h1,3-4,8-9,15H,2,5-7,10-13H2,(H,20,22,24). The molecule has 0 spiro atoms. The Morgan fingerprint density at radius 2 is 1.80 bits per heavy atom. The van der Waals surface area contributed by atoms with Crippen molar-refractivity contribution in [2.45, 2.75) is 57.3 Å².